The van der Waals surface area contributed by atoms with Crippen molar-refractivity contribution in [2.75, 3.05) is 19.8 Å². The lowest BCUT2D eigenvalue weighted by Gasteiger charge is -2.16. The SMILES string of the molecule is CC(=O)CCOCCC(C)NC(=O)CCN1C(=O)C=CC1=O. The molecule has 0 bridgehead atoms. The van der Waals surface area contributed by atoms with Gasteiger partial charge >= 0.3 is 0 Å². The molecule has 0 radical (unpaired) electrons. The molecule has 0 aromatic heterocycles. The van der Waals surface area contributed by atoms with Crippen molar-refractivity contribution in [3.05, 3.63) is 12.2 Å². The summed E-state index contributed by atoms with van der Waals surface area (Å²) in [7, 11) is 0. The summed E-state index contributed by atoms with van der Waals surface area (Å²) < 4.78 is 5.29. The van der Waals surface area contributed by atoms with E-state index in [1.807, 2.05) is 6.92 Å². The quantitative estimate of drug-likeness (QED) is 0.459. The first-order valence-electron chi connectivity index (χ1n) is 7.30. The summed E-state index contributed by atoms with van der Waals surface area (Å²) in [5, 5.41) is 2.78. The van der Waals surface area contributed by atoms with Crippen molar-refractivity contribution in [3.63, 3.8) is 0 Å². The highest BCUT2D eigenvalue weighted by atomic mass is 16.5. The summed E-state index contributed by atoms with van der Waals surface area (Å²) in [6, 6.07) is -0.0760. The topological polar surface area (TPSA) is 92.8 Å². The normalized spacial score (nSPS) is 15.3. The maximum atomic E-state index is 11.7. The molecule has 0 aliphatic carbocycles. The van der Waals surface area contributed by atoms with E-state index in [1.54, 1.807) is 0 Å². The van der Waals surface area contributed by atoms with Gasteiger partial charge < -0.3 is 10.1 Å². The Hall–Kier alpha value is -2.02. The van der Waals surface area contributed by atoms with Gasteiger partial charge in [0.2, 0.25) is 5.91 Å². The van der Waals surface area contributed by atoms with Crippen LogP contribution >= 0.6 is 0 Å². The molecule has 122 valence electrons. The average Bonchev–Trinajstić information content (AvgIpc) is 2.75. The highest BCUT2D eigenvalue weighted by molar-refractivity contribution is 6.13. The van der Waals surface area contributed by atoms with Crippen LogP contribution in [0.15, 0.2) is 12.2 Å². The fourth-order valence-corrected chi connectivity index (χ4v) is 1.86. The van der Waals surface area contributed by atoms with Crippen molar-refractivity contribution in [3.8, 4) is 0 Å². The second-order valence-corrected chi connectivity index (χ2v) is 5.23. The molecule has 1 N–H and O–H groups in total. The third-order valence-electron chi connectivity index (χ3n) is 3.16. The number of carbonyl (C=O) groups excluding carboxylic acids is 4. The van der Waals surface area contributed by atoms with Crippen molar-refractivity contribution in [2.45, 2.75) is 39.2 Å². The highest BCUT2D eigenvalue weighted by Gasteiger charge is 2.23. The van der Waals surface area contributed by atoms with Gasteiger partial charge in [0.05, 0.1) is 6.61 Å². The molecule has 22 heavy (non-hydrogen) atoms. The van der Waals surface area contributed by atoms with Crippen LogP contribution in [0.1, 0.15) is 33.1 Å². The van der Waals surface area contributed by atoms with Gasteiger partial charge in [0.1, 0.15) is 5.78 Å². The average molecular weight is 310 g/mol. The lowest BCUT2D eigenvalue weighted by molar-refractivity contribution is -0.137. The molecule has 1 unspecified atom stereocenters. The first-order chi connectivity index (χ1) is 10.4. The van der Waals surface area contributed by atoms with Gasteiger partial charge in [0.25, 0.3) is 11.8 Å². The molecule has 0 aromatic carbocycles. The van der Waals surface area contributed by atoms with Crippen molar-refractivity contribution in [1.82, 2.24) is 10.2 Å². The van der Waals surface area contributed by atoms with E-state index in [2.05, 4.69) is 5.32 Å². The fourth-order valence-electron chi connectivity index (χ4n) is 1.86. The van der Waals surface area contributed by atoms with Crippen LogP contribution in [0, 0.1) is 0 Å². The Balaban J connectivity index is 2.12. The monoisotopic (exact) mass is 310 g/mol. The van der Waals surface area contributed by atoms with Crippen LogP contribution in [0.4, 0.5) is 0 Å². The third kappa shape index (κ3) is 6.62. The molecule has 7 heteroatoms. The molecule has 0 aromatic rings. The molecule has 7 nitrogen and oxygen atoms in total. The molecule has 1 rings (SSSR count). The van der Waals surface area contributed by atoms with Crippen LogP contribution in [0.5, 0.6) is 0 Å². The summed E-state index contributed by atoms with van der Waals surface area (Å²) in [6.07, 6.45) is 3.50. The summed E-state index contributed by atoms with van der Waals surface area (Å²) in [6.45, 7) is 4.29. The number of carbonyl (C=O) groups is 4. The molecule has 1 atom stereocenters. The maximum Gasteiger partial charge on any atom is 0.253 e. The van der Waals surface area contributed by atoms with Crippen LogP contribution in [0.2, 0.25) is 0 Å². The van der Waals surface area contributed by atoms with Crippen LogP contribution < -0.4 is 5.32 Å². The van der Waals surface area contributed by atoms with Gasteiger partial charge in [-0.1, -0.05) is 0 Å². The second kappa shape index (κ2) is 9.09. The molecular weight excluding hydrogens is 288 g/mol. The zero-order chi connectivity index (χ0) is 16.5. The van der Waals surface area contributed by atoms with Gasteiger partial charge in [-0.15, -0.1) is 0 Å². The molecular formula is C15H22N2O5. The number of nitrogens with one attached hydrogen (secondary N) is 1. The second-order valence-electron chi connectivity index (χ2n) is 5.23. The standard InChI is InChI=1S/C15H22N2O5/c1-11(6-9-22-10-7-12(2)18)16-13(19)5-8-17-14(20)3-4-15(17)21/h3-4,11H,5-10H2,1-2H3,(H,16,19). The van der Waals surface area contributed by atoms with E-state index in [1.165, 1.54) is 19.1 Å². The number of ether oxygens (including phenoxy) is 1. The van der Waals surface area contributed by atoms with Crippen molar-refractivity contribution in [1.29, 1.82) is 0 Å². The Morgan fingerprint density at radius 1 is 1.18 bits per heavy atom. The van der Waals surface area contributed by atoms with E-state index in [4.69, 9.17) is 4.74 Å². The lowest BCUT2D eigenvalue weighted by atomic mass is 10.2. The Kier molecular flexibility index (Phi) is 7.45. The van der Waals surface area contributed by atoms with Crippen LogP contribution in [0.3, 0.4) is 0 Å². The third-order valence-corrected chi connectivity index (χ3v) is 3.16. The van der Waals surface area contributed by atoms with Crippen molar-refractivity contribution >= 4 is 23.5 Å². The molecule has 3 amide bonds. The summed E-state index contributed by atoms with van der Waals surface area (Å²) in [4.78, 5) is 46.1. The number of rotatable bonds is 10. The molecule has 0 spiro atoms. The molecule has 0 saturated carbocycles. The number of nitrogens with zero attached hydrogens (tertiary/aromatic N) is 1. The van der Waals surface area contributed by atoms with Gasteiger partial charge in [-0.05, 0) is 20.3 Å². The predicted molar refractivity (Wildman–Crippen MR) is 78.8 cm³/mol. The molecule has 1 aliphatic rings. The largest absolute Gasteiger partial charge is 0.381 e. The van der Waals surface area contributed by atoms with Crippen LogP contribution in [-0.4, -0.2) is 54.2 Å². The number of imide groups is 1. The molecule has 1 heterocycles. The summed E-state index contributed by atoms with van der Waals surface area (Å²) >= 11 is 0. The summed E-state index contributed by atoms with van der Waals surface area (Å²) in [5.41, 5.74) is 0. The van der Waals surface area contributed by atoms with E-state index in [0.717, 1.165) is 4.90 Å². The number of hydrogen-bond donors (Lipinski definition) is 1. The summed E-state index contributed by atoms with van der Waals surface area (Å²) in [5.74, 6) is -0.903. The maximum absolute atomic E-state index is 11.7. The molecule has 1 aliphatic heterocycles. The van der Waals surface area contributed by atoms with Gasteiger partial charge in [-0.25, -0.2) is 0 Å². The number of hydrogen-bond acceptors (Lipinski definition) is 5. The fraction of sp³-hybridized carbons (Fsp3) is 0.600. The predicted octanol–water partition coefficient (Wildman–Crippen LogP) is 0.192. The zero-order valence-electron chi connectivity index (χ0n) is 13.0. The van der Waals surface area contributed by atoms with Crippen LogP contribution in [0.25, 0.3) is 0 Å². The Morgan fingerprint density at radius 2 is 1.82 bits per heavy atom. The van der Waals surface area contributed by atoms with E-state index < -0.39 is 0 Å². The van der Waals surface area contributed by atoms with Gasteiger partial charge in [-0.2, -0.15) is 0 Å². The van der Waals surface area contributed by atoms with Gasteiger partial charge in [-0.3, -0.25) is 24.1 Å². The molecule has 0 fully saturated rings. The number of ketones is 1. The molecule has 0 saturated heterocycles. The van der Waals surface area contributed by atoms with Crippen molar-refractivity contribution in [2.24, 2.45) is 0 Å². The highest BCUT2D eigenvalue weighted by Crippen LogP contribution is 2.04. The minimum Gasteiger partial charge on any atom is -0.381 e. The Morgan fingerprint density at radius 3 is 2.41 bits per heavy atom. The Bertz CT molecular complexity index is 455. The number of Topliss-reactive ketones (excluding diaryl/α,β-unsaturated/α-hetero) is 1. The van der Waals surface area contributed by atoms with E-state index >= 15 is 0 Å². The van der Waals surface area contributed by atoms with E-state index in [-0.39, 0.29) is 42.5 Å². The zero-order valence-corrected chi connectivity index (χ0v) is 13.0. The van der Waals surface area contributed by atoms with E-state index in [9.17, 15) is 19.2 Å². The van der Waals surface area contributed by atoms with Crippen LogP contribution in [-0.2, 0) is 23.9 Å². The van der Waals surface area contributed by atoms with Gasteiger partial charge in [0, 0.05) is 44.2 Å². The minimum absolute atomic E-state index is 0.0760. The van der Waals surface area contributed by atoms with E-state index in [0.29, 0.717) is 26.1 Å². The first kappa shape index (κ1) is 18.0. The van der Waals surface area contributed by atoms with Crippen molar-refractivity contribution < 1.29 is 23.9 Å². The lowest BCUT2D eigenvalue weighted by Crippen LogP contribution is -2.38. The smallest absolute Gasteiger partial charge is 0.253 e. The van der Waals surface area contributed by atoms with Gasteiger partial charge in [0.15, 0.2) is 0 Å². The first-order valence-corrected chi connectivity index (χ1v) is 7.30. The minimum atomic E-state index is -0.385. The Labute approximate surface area is 129 Å². The number of amides is 3.